The molecular weight excluding hydrogens is 428 g/mol. The van der Waals surface area contributed by atoms with Crippen molar-refractivity contribution in [1.82, 2.24) is 0 Å². The van der Waals surface area contributed by atoms with Crippen molar-refractivity contribution in [1.29, 1.82) is 0 Å². The molecule has 1 aliphatic rings. The highest BCUT2D eigenvalue weighted by Crippen LogP contribution is 2.47. The second kappa shape index (κ2) is 17.8. The van der Waals surface area contributed by atoms with Gasteiger partial charge in [0, 0.05) is 6.42 Å². The van der Waals surface area contributed by atoms with E-state index in [-0.39, 0.29) is 11.3 Å². The van der Waals surface area contributed by atoms with Gasteiger partial charge in [-0.25, -0.2) is 0 Å². The van der Waals surface area contributed by atoms with Crippen molar-refractivity contribution >= 4 is 5.97 Å². The predicted octanol–water partition coefficient (Wildman–Crippen LogP) is 10.3. The molecule has 0 aliphatic heterocycles. The van der Waals surface area contributed by atoms with Gasteiger partial charge >= 0.3 is 5.97 Å². The van der Waals surface area contributed by atoms with Crippen molar-refractivity contribution in [3.8, 4) is 0 Å². The Morgan fingerprint density at radius 1 is 0.857 bits per heavy atom. The van der Waals surface area contributed by atoms with Gasteiger partial charge in [0.15, 0.2) is 0 Å². The molecule has 0 heterocycles. The zero-order valence-electron chi connectivity index (χ0n) is 23.0. The summed E-state index contributed by atoms with van der Waals surface area (Å²) >= 11 is 0. The van der Waals surface area contributed by atoms with Crippen molar-refractivity contribution in [3.05, 3.63) is 48.0 Å². The van der Waals surface area contributed by atoms with Gasteiger partial charge in [-0.1, -0.05) is 127 Å². The third kappa shape index (κ3) is 11.8. The van der Waals surface area contributed by atoms with Gasteiger partial charge in [-0.2, -0.15) is 0 Å². The topological polar surface area (TPSA) is 37.3 Å². The minimum atomic E-state index is -0.623. The highest BCUT2D eigenvalue weighted by molar-refractivity contribution is 5.67. The smallest absolute Gasteiger partial charge is 0.303 e. The van der Waals surface area contributed by atoms with E-state index in [0.29, 0.717) is 6.42 Å². The van der Waals surface area contributed by atoms with E-state index in [2.05, 4.69) is 56.3 Å². The second-order valence-corrected chi connectivity index (χ2v) is 11.4. The molecule has 2 rings (SSSR count). The van der Waals surface area contributed by atoms with Crippen molar-refractivity contribution < 1.29 is 9.90 Å². The summed E-state index contributed by atoms with van der Waals surface area (Å²) < 4.78 is 0. The summed E-state index contributed by atoms with van der Waals surface area (Å²) in [7, 11) is 0. The number of carbonyl (C=O) groups is 1. The average molecular weight is 483 g/mol. The van der Waals surface area contributed by atoms with Gasteiger partial charge in [0.25, 0.3) is 0 Å². The summed E-state index contributed by atoms with van der Waals surface area (Å²) in [6.07, 6.45) is 27.7. The van der Waals surface area contributed by atoms with Crippen molar-refractivity contribution in [3.63, 3.8) is 0 Å². The van der Waals surface area contributed by atoms with Crippen LogP contribution in [0.4, 0.5) is 0 Å². The van der Waals surface area contributed by atoms with E-state index >= 15 is 0 Å². The summed E-state index contributed by atoms with van der Waals surface area (Å²) in [6, 6.07) is 11.0. The molecule has 0 amide bonds. The zero-order valence-corrected chi connectivity index (χ0v) is 23.0. The number of aliphatic carboxylic acids is 1. The van der Waals surface area contributed by atoms with Gasteiger partial charge in [0.2, 0.25) is 0 Å². The highest BCUT2D eigenvalue weighted by Gasteiger charge is 2.37. The molecule has 198 valence electrons. The van der Waals surface area contributed by atoms with Gasteiger partial charge in [-0.3, -0.25) is 4.79 Å². The Balaban J connectivity index is 1.91. The fraction of sp³-hybridized carbons (Fsp3) is 0.727. The standard InChI is InChI=1S/C33H54O2/c1-3-5-7-8-9-10-13-20-29(19-12-6-4-2)21-18-22-30(27-32(34)35)28-33(25-16-17-26-33)31-23-14-11-15-24-31/h10-11,13-15,23-24,29-30H,3-9,12,16-22,25-28H2,1-2H3,(H,34,35)/t29-,30+/m0/s1. The first-order valence-corrected chi connectivity index (χ1v) is 15.0. The minimum absolute atomic E-state index is 0.197. The number of rotatable bonds is 20. The lowest BCUT2D eigenvalue weighted by atomic mass is 9.71. The molecule has 1 aromatic rings. The van der Waals surface area contributed by atoms with Crippen LogP contribution in [0.2, 0.25) is 0 Å². The summed E-state index contributed by atoms with van der Waals surface area (Å²) in [6.45, 7) is 4.56. The van der Waals surface area contributed by atoms with Crippen LogP contribution in [0.1, 0.15) is 141 Å². The fourth-order valence-electron chi connectivity index (χ4n) is 6.38. The monoisotopic (exact) mass is 482 g/mol. The molecule has 0 bridgehead atoms. The lowest BCUT2D eigenvalue weighted by molar-refractivity contribution is -0.138. The van der Waals surface area contributed by atoms with Crippen LogP contribution < -0.4 is 0 Å². The first-order valence-electron chi connectivity index (χ1n) is 15.0. The molecule has 0 aromatic heterocycles. The van der Waals surface area contributed by atoms with E-state index in [9.17, 15) is 9.90 Å². The van der Waals surface area contributed by atoms with Crippen LogP contribution in [0.15, 0.2) is 42.5 Å². The molecule has 1 aromatic carbocycles. The minimum Gasteiger partial charge on any atom is -0.481 e. The molecule has 2 heteroatoms. The van der Waals surface area contributed by atoms with Crippen molar-refractivity contribution in [2.24, 2.45) is 11.8 Å². The Hall–Kier alpha value is -1.57. The van der Waals surface area contributed by atoms with Crippen LogP contribution in [0.5, 0.6) is 0 Å². The van der Waals surface area contributed by atoms with Crippen LogP contribution in [0.3, 0.4) is 0 Å². The molecular formula is C33H54O2. The third-order valence-electron chi connectivity index (χ3n) is 8.39. The van der Waals surface area contributed by atoms with Crippen LogP contribution in [-0.4, -0.2) is 11.1 Å². The van der Waals surface area contributed by atoms with E-state index in [1.807, 2.05) is 0 Å². The molecule has 2 atom stereocenters. The lowest BCUT2D eigenvalue weighted by Crippen LogP contribution is -2.27. The highest BCUT2D eigenvalue weighted by atomic mass is 16.4. The van der Waals surface area contributed by atoms with E-state index in [1.165, 1.54) is 108 Å². The largest absolute Gasteiger partial charge is 0.481 e. The van der Waals surface area contributed by atoms with Gasteiger partial charge < -0.3 is 5.11 Å². The molecule has 2 nitrogen and oxygen atoms in total. The number of hydrogen-bond donors (Lipinski definition) is 1. The maximum atomic E-state index is 11.8. The number of hydrogen-bond acceptors (Lipinski definition) is 1. The molecule has 35 heavy (non-hydrogen) atoms. The van der Waals surface area contributed by atoms with E-state index < -0.39 is 5.97 Å². The summed E-state index contributed by atoms with van der Waals surface area (Å²) in [5, 5.41) is 9.68. The summed E-state index contributed by atoms with van der Waals surface area (Å²) in [5.74, 6) is 0.423. The van der Waals surface area contributed by atoms with E-state index in [4.69, 9.17) is 0 Å². The Morgan fingerprint density at radius 2 is 1.51 bits per heavy atom. The average Bonchev–Trinajstić information content (AvgIpc) is 3.33. The SMILES string of the molecule is CCCCCCC=CC[C@H](CCCCC)CCC[C@H](CC(=O)O)CC1(c2ccccc2)CCCC1. The Bertz CT molecular complexity index is 686. The van der Waals surface area contributed by atoms with Gasteiger partial charge in [0.1, 0.15) is 0 Å². The molecule has 0 radical (unpaired) electrons. The van der Waals surface area contributed by atoms with Gasteiger partial charge in [-0.15, -0.1) is 0 Å². The van der Waals surface area contributed by atoms with Gasteiger partial charge in [0.05, 0.1) is 0 Å². The number of benzene rings is 1. The Kier molecular flexibility index (Phi) is 15.1. The normalized spacial score (nSPS) is 17.1. The molecule has 0 unspecified atom stereocenters. The number of allylic oxidation sites excluding steroid dienone is 2. The Morgan fingerprint density at radius 3 is 2.20 bits per heavy atom. The molecule has 1 N–H and O–H groups in total. The lowest BCUT2D eigenvalue weighted by Gasteiger charge is -2.34. The van der Waals surface area contributed by atoms with Crippen molar-refractivity contribution in [2.45, 2.75) is 141 Å². The van der Waals surface area contributed by atoms with Crippen LogP contribution >= 0.6 is 0 Å². The summed E-state index contributed by atoms with van der Waals surface area (Å²) in [5.41, 5.74) is 1.64. The van der Waals surface area contributed by atoms with E-state index in [0.717, 1.165) is 18.8 Å². The maximum Gasteiger partial charge on any atom is 0.303 e. The van der Waals surface area contributed by atoms with Crippen LogP contribution in [0, 0.1) is 11.8 Å². The Labute approximate surface area is 217 Å². The zero-order chi connectivity index (χ0) is 25.2. The fourth-order valence-corrected chi connectivity index (χ4v) is 6.38. The molecule has 0 saturated heterocycles. The molecule has 1 fully saturated rings. The van der Waals surface area contributed by atoms with Crippen LogP contribution in [-0.2, 0) is 10.2 Å². The quantitative estimate of drug-likeness (QED) is 0.148. The second-order valence-electron chi connectivity index (χ2n) is 11.4. The van der Waals surface area contributed by atoms with Crippen molar-refractivity contribution in [2.75, 3.05) is 0 Å². The number of carboxylic acids is 1. The maximum absolute atomic E-state index is 11.8. The molecule has 0 spiro atoms. The number of carboxylic acid groups (broad SMARTS) is 1. The van der Waals surface area contributed by atoms with Crippen LogP contribution in [0.25, 0.3) is 0 Å². The number of unbranched alkanes of at least 4 members (excludes halogenated alkanes) is 6. The first-order chi connectivity index (χ1) is 17.1. The molecule has 1 saturated carbocycles. The van der Waals surface area contributed by atoms with Gasteiger partial charge in [-0.05, 0) is 67.8 Å². The summed E-state index contributed by atoms with van der Waals surface area (Å²) in [4.78, 5) is 11.8. The molecule has 1 aliphatic carbocycles. The predicted molar refractivity (Wildman–Crippen MR) is 151 cm³/mol. The third-order valence-corrected chi connectivity index (χ3v) is 8.39. The van der Waals surface area contributed by atoms with E-state index in [1.54, 1.807) is 0 Å². The first kappa shape index (κ1) is 29.7.